The Morgan fingerprint density at radius 2 is 2.14 bits per heavy atom. The predicted molar refractivity (Wildman–Crippen MR) is 31.7 cm³/mol. The third-order valence-corrected chi connectivity index (χ3v) is 2.52. The number of carbonyl (C=O) groups excluding carboxylic acids is 1. The van der Waals surface area contributed by atoms with Gasteiger partial charge in [0.2, 0.25) is 0 Å². The summed E-state index contributed by atoms with van der Waals surface area (Å²) in [4.78, 5) is 10.3. The molecule has 0 N–H and O–H groups in total. The molecular weight excluding hydrogens is 124 g/mol. The summed E-state index contributed by atoms with van der Waals surface area (Å²) in [6, 6.07) is 0. The second kappa shape index (κ2) is 1.35. The van der Waals surface area contributed by atoms with E-state index in [0.29, 0.717) is 0 Å². The predicted octanol–water partition coefficient (Wildman–Crippen LogP) is 0.564. The first-order valence-electron chi connectivity index (χ1n) is 2.13. The molecule has 1 nitrogen and oxygen atoms in total. The summed E-state index contributed by atoms with van der Waals surface area (Å²) >= 11 is 3.65. The van der Waals surface area contributed by atoms with E-state index in [-0.39, 0.29) is 10.2 Å². The maximum Gasteiger partial charge on any atom is 0.188 e. The van der Waals surface area contributed by atoms with Crippen LogP contribution in [0.3, 0.4) is 0 Å². The normalized spacial score (nSPS) is 24.3. The van der Waals surface area contributed by atoms with E-state index in [1.165, 1.54) is 0 Å². The van der Waals surface area contributed by atoms with Crippen LogP contribution in [0.15, 0.2) is 0 Å². The molecule has 1 saturated carbocycles. The largest absolute Gasteiger partial charge is 0.287 e. The molecule has 0 aromatic rings. The second-order valence-corrected chi connectivity index (χ2v) is 3.25. The summed E-state index contributed by atoms with van der Waals surface area (Å²) in [7, 11) is 3.28. The van der Waals surface area contributed by atoms with Crippen molar-refractivity contribution in [2.45, 2.75) is 17.9 Å². The van der Waals surface area contributed by atoms with Gasteiger partial charge in [0.25, 0.3) is 0 Å². The van der Waals surface area contributed by atoms with Gasteiger partial charge in [-0.3, -0.25) is 4.79 Å². The Bertz CT molecular complexity index is 108. The van der Waals surface area contributed by atoms with Crippen LogP contribution in [0.4, 0.5) is 0 Å². The van der Waals surface area contributed by atoms with Gasteiger partial charge in [0, 0.05) is 15.3 Å². The fourth-order valence-electron chi connectivity index (χ4n) is 0.339. The van der Waals surface area contributed by atoms with Gasteiger partial charge >= 0.3 is 0 Å². The van der Waals surface area contributed by atoms with Crippen LogP contribution < -0.4 is 0 Å². The van der Waals surface area contributed by atoms with Gasteiger partial charge in [0.15, 0.2) is 5.12 Å². The van der Waals surface area contributed by atoms with Crippen molar-refractivity contribution < 1.29 is 4.79 Å². The van der Waals surface area contributed by atoms with Gasteiger partial charge in [-0.15, -0.1) is 12.6 Å². The molecule has 0 spiro atoms. The molecule has 1 fully saturated rings. The van der Waals surface area contributed by atoms with Gasteiger partial charge in [0.1, 0.15) is 0 Å². The van der Waals surface area contributed by atoms with E-state index in [4.69, 9.17) is 0 Å². The molecule has 1 rings (SSSR count). The lowest BCUT2D eigenvalue weighted by molar-refractivity contribution is -0.111. The number of rotatable bonds is 1. The molecule has 0 bridgehead atoms. The smallest absolute Gasteiger partial charge is 0.188 e. The zero-order chi connectivity index (χ0) is 5.49. The second-order valence-electron chi connectivity index (χ2n) is 1.89. The maximum absolute atomic E-state index is 10.3. The van der Waals surface area contributed by atoms with Gasteiger partial charge in [-0.1, -0.05) is 0 Å². The van der Waals surface area contributed by atoms with Crippen molar-refractivity contribution in [3.63, 3.8) is 0 Å². The molecule has 37 valence electrons. The highest BCUT2D eigenvalue weighted by atomic mass is 32.1. The monoisotopic (exact) mass is 129 g/mol. The Labute approximate surface area is 51.3 Å². The van der Waals surface area contributed by atoms with E-state index in [0.717, 1.165) is 12.8 Å². The van der Waals surface area contributed by atoms with E-state index < -0.39 is 0 Å². The minimum absolute atomic E-state index is 0.0378. The van der Waals surface area contributed by atoms with Gasteiger partial charge in [-0.2, -0.15) is 0 Å². The summed E-state index contributed by atoms with van der Waals surface area (Å²) in [5.74, 6) is 0. The van der Waals surface area contributed by atoms with Crippen molar-refractivity contribution in [1.82, 2.24) is 0 Å². The lowest BCUT2D eigenvalue weighted by atomic mass is 10.5. The van der Waals surface area contributed by atoms with Crippen molar-refractivity contribution in [2.24, 2.45) is 0 Å². The summed E-state index contributed by atoms with van der Waals surface area (Å²) in [6.07, 6.45) is 1.90. The Kier molecular flexibility index (Phi) is 1.04. The molecule has 3 heteroatoms. The highest BCUT2D eigenvalue weighted by molar-refractivity contribution is 7.97. The highest BCUT2D eigenvalue weighted by Gasteiger charge is 2.42. The average molecular weight is 129 g/mol. The maximum atomic E-state index is 10.3. The third kappa shape index (κ3) is 0.887. The van der Waals surface area contributed by atoms with Gasteiger partial charge in [-0.05, 0) is 12.8 Å². The van der Waals surface area contributed by atoms with E-state index in [1.807, 2.05) is 0 Å². The van der Waals surface area contributed by atoms with Crippen LogP contribution >= 0.6 is 12.6 Å². The lowest BCUT2D eigenvalue weighted by Crippen LogP contribution is -1.99. The minimum atomic E-state index is -0.219. The van der Waals surface area contributed by atoms with E-state index in [1.54, 1.807) is 0 Å². The zero-order valence-corrected chi connectivity index (χ0v) is 5.66. The van der Waals surface area contributed by atoms with Crippen LogP contribution in [0.1, 0.15) is 12.8 Å². The summed E-state index contributed by atoms with van der Waals surface area (Å²) in [5.41, 5.74) is 0. The molecule has 1 aliphatic rings. The molecule has 3 radical (unpaired) electrons. The lowest BCUT2D eigenvalue weighted by Gasteiger charge is -1.94. The Hall–Kier alpha value is 0.237. The van der Waals surface area contributed by atoms with Crippen LogP contribution in [0.5, 0.6) is 0 Å². The van der Waals surface area contributed by atoms with E-state index >= 15 is 0 Å². The average Bonchev–Trinajstić information content (AvgIpc) is 2.21. The fourth-order valence-corrected chi connectivity index (χ4v) is 0.687. The number of hydrogen-bond donors (Lipinski definition) is 1. The Balaban J connectivity index is 2.55. The van der Waals surface area contributed by atoms with E-state index in [9.17, 15) is 4.79 Å². The van der Waals surface area contributed by atoms with Crippen molar-refractivity contribution in [2.75, 3.05) is 0 Å². The molecule has 0 aromatic heterocycles. The van der Waals surface area contributed by atoms with Gasteiger partial charge in [0.05, 0.1) is 0 Å². The summed E-state index contributed by atoms with van der Waals surface area (Å²) in [5, 5.41) is -0.257. The van der Waals surface area contributed by atoms with Crippen LogP contribution in [-0.4, -0.2) is 15.4 Å². The number of hydrogen-bond acceptors (Lipinski definition) is 1. The first-order valence-corrected chi connectivity index (χ1v) is 3.08. The van der Waals surface area contributed by atoms with Crippen molar-refractivity contribution in [3.05, 3.63) is 0 Å². The van der Waals surface area contributed by atoms with Crippen LogP contribution in [-0.2, 0) is 4.79 Å². The standard InChI is InChI=1S/C4H5OSSi/c5-3(6)4(7)1-2-4/h1-2H2,(H,5,6). The molecule has 7 heavy (non-hydrogen) atoms. The summed E-state index contributed by atoms with van der Waals surface area (Å²) < 4.78 is 0. The SMILES string of the molecule is O=C(S)C1([Si])CC1. The molecule has 0 amide bonds. The number of carbonyl (C=O) groups is 1. The van der Waals surface area contributed by atoms with Crippen molar-refractivity contribution >= 4 is 28.0 Å². The molecule has 0 unspecified atom stereocenters. The summed E-state index contributed by atoms with van der Waals surface area (Å²) in [6.45, 7) is 0. The van der Waals surface area contributed by atoms with E-state index in [2.05, 4.69) is 22.9 Å². The highest BCUT2D eigenvalue weighted by Crippen LogP contribution is 2.51. The Morgan fingerprint density at radius 1 is 1.71 bits per heavy atom. The molecule has 1 aliphatic carbocycles. The van der Waals surface area contributed by atoms with Crippen molar-refractivity contribution in [3.8, 4) is 0 Å². The van der Waals surface area contributed by atoms with Crippen LogP contribution in [0, 0.1) is 0 Å². The van der Waals surface area contributed by atoms with Crippen LogP contribution in [0.25, 0.3) is 0 Å². The quantitative estimate of drug-likeness (QED) is 0.404. The van der Waals surface area contributed by atoms with Gasteiger partial charge < -0.3 is 0 Å². The molecule has 0 aromatic carbocycles. The number of thiol groups is 1. The molecular formula is C4H5OSSi. The molecule has 0 heterocycles. The topological polar surface area (TPSA) is 17.1 Å². The van der Waals surface area contributed by atoms with Gasteiger partial charge in [-0.25, -0.2) is 0 Å². The molecule has 0 aliphatic heterocycles. The first kappa shape index (κ1) is 5.38. The first-order chi connectivity index (χ1) is 3.15. The third-order valence-electron chi connectivity index (χ3n) is 1.16. The molecule has 0 atom stereocenters. The molecule has 0 saturated heterocycles. The van der Waals surface area contributed by atoms with Crippen molar-refractivity contribution in [1.29, 1.82) is 0 Å². The minimum Gasteiger partial charge on any atom is -0.287 e. The zero-order valence-electron chi connectivity index (χ0n) is 3.77. The van der Waals surface area contributed by atoms with Crippen LogP contribution in [0.2, 0.25) is 5.04 Å². The fraction of sp³-hybridized carbons (Fsp3) is 0.750. The Morgan fingerprint density at radius 3 is 2.14 bits per heavy atom.